The van der Waals surface area contributed by atoms with Crippen molar-refractivity contribution in [2.24, 2.45) is 0 Å². The van der Waals surface area contributed by atoms with Crippen LogP contribution in [0.5, 0.6) is 0 Å². The molecule has 0 heterocycles. The predicted octanol–water partition coefficient (Wildman–Crippen LogP) is 0.875. The molecule has 0 unspecified atom stereocenters. The number of hydrogen-bond donors (Lipinski definition) is 0. The summed E-state index contributed by atoms with van der Waals surface area (Å²) in [5.41, 5.74) is 0. The van der Waals surface area contributed by atoms with E-state index in [2.05, 4.69) is 4.74 Å². The number of hydrogen-bond acceptors (Lipinski definition) is 5. The summed E-state index contributed by atoms with van der Waals surface area (Å²) in [4.78, 5) is 33.4. The smallest absolute Gasteiger partial charge is 0.306 e. The number of esters is 1. The standard InChI is InChI=1S/C10H10O4S/c1-14-10(13)4-5-15-9-6-7(11)2-3-8(9)12/h2-3,6H,4-5H2,1H3. The van der Waals surface area contributed by atoms with Gasteiger partial charge in [-0.1, -0.05) is 0 Å². The predicted molar refractivity (Wildman–Crippen MR) is 56.3 cm³/mol. The number of carbonyl (C=O) groups is 3. The van der Waals surface area contributed by atoms with Crippen LogP contribution in [-0.2, 0) is 19.1 Å². The number of thioether (sulfide) groups is 1. The Bertz CT molecular complexity index is 354. The normalized spacial score (nSPS) is 15.1. The van der Waals surface area contributed by atoms with E-state index in [9.17, 15) is 14.4 Å². The van der Waals surface area contributed by atoms with Gasteiger partial charge in [0.2, 0.25) is 0 Å². The van der Waals surface area contributed by atoms with Gasteiger partial charge in [-0.05, 0) is 12.2 Å². The number of ether oxygens (including phenoxy) is 1. The fourth-order valence-corrected chi connectivity index (χ4v) is 1.85. The third-order valence-electron chi connectivity index (χ3n) is 1.71. The van der Waals surface area contributed by atoms with Crippen molar-refractivity contribution in [1.29, 1.82) is 0 Å². The lowest BCUT2D eigenvalue weighted by Gasteiger charge is -2.05. The van der Waals surface area contributed by atoms with Crippen LogP contribution in [0.4, 0.5) is 0 Å². The monoisotopic (exact) mass is 226 g/mol. The summed E-state index contributed by atoms with van der Waals surface area (Å²) in [6.07, 6.45) is 3.98. The summed E-state index contributed by atoms with van der Waals surface area (Å²) in [7, 11) is 1.31. The topological polar surface area (TPSA) is 60.4 Å². The molecule has 1 aliphatic rings. The maximum atomic E-state index is 11.2. The fourth-order valence-electron chi connectivity index (χ4n) is 0.948. The van der Waals surface area contributed by atoms with Gasteiger partial charge in [-0.3, -0.25) is 14.4 Å². The van der Waals surface area contributed by atoms with Crippen molar-refractivity contribution in [2.45, 2.75) is 6.42 Å². The zero-order valence-corrected chi connectivity index (χ0v) is 9.00. The van der Waals surface area contributed by atoms with E-state index >= 15 is 0 Å². The van der Waals surface area contributed by atoms with Crippen LogP contribution in [-0.4, -0.2) is 30.4 Å². The molecule has 0 aliphatic heterocycles. The summed E-state index contributed by atoms with van der Waals surface area (Å²) in [6, 6.07) is 0. The summed E-state index contributed by atoms with van der Waals surface area (Å²) in [5, 5.41) is 0. The van der Waals surface area contributed by atoms with Crippen molar-refractivity contribution in [1.82, 2.24) is 0 Å². The molecule has 1 rings (SSSR count). The molecule has 0 N–H and O–H groups in total. The van der Waals surface area contributed by atoms with Gasteiger partial charge in [0.25, 0.3) is 0 Å². The van der Waals surface area contributed by atoms with Gasteiger partial charge < -0.3 is 4.74 Å². The molecule has 0 fully saturated rings. The molecular formula is C10H10O4S. The minimum Gasteiger partial charge on any atom is -0.469 e. The molecule has 1 aliphatic carbocycles. The average Bonchev–Trinajstić information content (AvgIpc) is 2.23. The molecule has 15 heavy (non-hydrogen) atoms. The van der Waals surface area contributed by atoms with E-state index in [-0.39, 0.29) is 24.0 Å². The largest absolute Gasteiger partial charge is 0.469 e. The molecule has 0 amide bonds. The minimum atomic E-state index is -0.326. The van der Waals surface area contributed by atoms with Gasteiger partial charge in [0.05, 0.1) is 18.4 Å². The molecule has 5 heteroatoms. The van der Waals surface area contributed by atoms with E-state index in [1.165, 1.54) is 37.1 Å². The first-order valence-corrected chi connectivity index (χ1v) is 5.29. The quantitative estimate of drug-likeness (QED) is 0.526. The highest BCUT2D eigenvalue weighted by atomic mass is 32.2. The third-order valence-corrected chi connectivity index (χ3v) is 2.74. The Labute approximate surface area is 91.4 Å². The van der Waals surface area contributed by atoms with Gasteiger partial charge >= 0.3 is 5.97 Å². The average molecular weight is 226 g/mol. The number of methoxy groups -OCH3 is 1. The number of rotatable bonds is 4. The van der Waals surface area contributed by atoms with E-state index in [1.807, 2.05) is 0 Å². The highest BCUT2D eigenvalue weighted by Crippen LogP contribution is 2.20. The fraction of sp³-hybridized carbons (Fsp3) is 0.300. The Morgan fingerprint density at radius 2 is 2.13 bits per heavy atom. The Morgan fingerprint density at radius 3 is 2.80 bits per heavy atom. The highest BCUT2D eigenvalue weighted by Gasteiger charge is 2.13. The van der Waals surface area contributed by atoms with Crippen LogP contribution in [0.15, 0.2) is 23.1 Å². The second kappa shape index (κ2) is 5.50. The summed E-state index contributed by atoms with van der Waals surface area (Å²) in [6.45, 7) is 0. The van der Waals surface area contributed by atoms with E-state index in [4.69, 9.17) is 0 Å². The van der Waals surface area contributed by atoms with Crippen molar-refractivity contribution in [3.05, 3.63) is 23.1 Å². The first-order chi connectivity index (χ1) is 7.13. The van der Waals surface area contributed by atoms with Crippen LogP contribution in [0.1, 0.15) is 6.42 Å². The summed E-state index contributed by atoms with van der Waals surface area (Å²) < 4.78 is 4.45. The molecule has 80 valence electrons. The Morgan fingerprint density at radius 1 is 1.40 bits per heavy atom. The lowest BCUT2D eigenvalue weighted by atomic mass is 10.2. The molecule has 4 nitrogen and oxygen atoms in total. The Kier molecular flexibility index (Phi) is 4.30. The van der Waals surface area contributed by atoms with Crippen molar-refractivity contribution in [3.8, 4) is 0 Å². The minimum absolute atomic E-state index is 0.190. The van der Waals surface area contributed by atoms with Crippen LogP contribution in [0, 0.1) is 0 Å². The van der Waals surface area contributed by atoms with E-state index < -0.39 is 0 Å². The Hall–Kier alpha value is -1.36. The first kappa shape index (κ1) is 11.7. The first-order valence-electron chi connectivity index (χ1n) is 4.31. The van der Waals surface area contributed by atoms with Gasteiger partial charge in [0.15, 0.2) is 11.6 Å². The van der Waals surface area contributed by atoms with Crippen LogP contribution in [0.3, 0.4) is 0 Å². The van der Waals surface area contributed by atoms with Gasteiger partial charge in [0.1, 0.15) is 0 Å². The molecule has 0 spiro atoms. The molecular weight excluding hydrogens is 216 g/mol. The van der Waals surface area contributed by atoms with Crippen LogP contribution < -0.4 is 0 Å². The van der Waals surface area contributed by atoms with Crippen molar-refractivity contribution < 1.29 is 19.1 Å². The number of carbonyl (C=O) groups excluding carboxylic acids is 3. The SMILES string of the molecule is COC(=O)CCSC1=CC(=O)C=CC1=O. The molecule has 0 aromatic heterocycles. The molecule has 0 saturated carbocycles. The zero-order chi connectivity index (χ0) is 11.3. The second-order valence-electron chi connectivity index (χ2n) is 2.78. The lowest BCUT2D eigenvalue weighted by Crippen LogP contribution is -2.07. The highest BCUT2D eigenvalue weighted by molar-refractivity contribution is 8.04. The third kappa shape index (κ3) is 3.71. The zero-order valence-electron chi connectivity index (χ0n) is 8.19. The van der Waals surface area contributed by atoms with Gasteiger partial charge in [-0.15, -0.1) is 11.8 Å². The van der Waals surface area contributed by atoms with Crippen LogP contribution in [0.25, 0.3) is 0 Å². The van der Waals surface area contributed by atoms with Crippen LogP contribution >= 0.6 is 11.8 Å². The molecule has 0 bridgehead atoms. The van der Waals surface area contributed by atoms with E-state index in [0.717, 1.165) is 0 Å². The maximum Gasteiger partial charge on any atom is 0.306 e. The second-order valence-corrected chi connectivity index (χ2v) is 3.92. The van der Waals surface area contributed by atoms with Gasteiger partial charge in [-0.2, -0.15) is 0 Å². The summed E-state index contributed by atoms with van der Waals surface area (Å²) >= 11 is 1.19. The van der Waals surface area contributed by atoms with Crippen molar-refractivity contribution >= 4 is 29.3 Å². The number of ketones is 2. The van der Waals surface area contributed by atoms with E-state index in [1.54, 1.807) is 0 Å². The van der Waals surface area contributed by atoms with Gasteiger partial charge in [0, 0.05) is 11.8 Å². The summed E-state index contributed by atoms with van der Waals surface area (Å²) in [5.74, 6) is -0.279. The van der Waals surface area contributed by atoms with Crippen molar-refractivity contribution in [2.75, 3.05) is 12.9 Å². The molecule has 0 aromatic carbocycles. The molecule has 0 atom stereocenters. The molecule has 0 aromatic rings. The molecule has 0 saturated heterocycles. The molecule has 0 radical (unpaired) electrons. The Balaban J connectivity index is 2.42. The van der Waals surface area contributed by atoms with Gasteiger partial charge in [-0.25, -0.2) is 0 Å². The maximum absolute atomic E-state index is 11.2. The number of allylic oxidation sites excluding steroid dienone is 4. The lowest BCUT2D eigenvalue weighted by molar-refractivity contribution is -0.140. The van der Waals surface area contributed by atoms with Crippen molar-refractivity contribution in [3.63, 3.8) is 0 Å². The van der Waals surface area contributed by atoms with E-state index in [0.29, 0.717) is 10.7 Å². The van der Waals surface area contributed by atoms with Crippen LogP contribution in [0.2, 0.25) is 0 Å².